The van der Waals surface area contributed by atoms with Crippen molar-refractivity contribution < 1.29 is 0 Å². The van der Waals surface area contributed by atoms with Gasteiger partial charge in [-0.15, -0.1) is 5.10 Å². The molecule has 16 heavy (non-hydrogen) atoms. The van der Waals surface area contributed by atoms with Crippen molar-refractivity contribution in [3.05, 3.63) is 33.8 Å². The molecule has 0 aromatic heterocycles. The van der Waals surface area contributed by atoms with E-state index in [4.69, 9.17) is 28.9 Å². The van der Waals surface area contributed by atoms with E-state index in [0.29, 0.717) is 15.9 Å². The molecule has 84 valence electrons. The first-order chi connectivity index (χ1) is 7.58. The monoisotopic (exact) mass is 255 g/mol. The highest BCUT2D eigenvalue weighted by Gasteiger charge is 2.19. The Morgan fingerprint density at radius 3 is 2.75 bits per heavy atom. The number of hydrogen-bond acceptors (Lipinski definition) is 3. The van der Waals surface area contributed by atoms with Gasteiger partial charge in [0.2, 0.25) is 0 Å². The minimum Gasteiger partial charge on any atom is -0.385 e. The second-order valence-electron chi connectivity index (χ2n) is 3.80. The quantitative estimate of drug-likeness (QED) is 0.824. The zero-order valence-corrected chi connectivity index (χ0v) is 10.3. The molecule has 1 heterocycles. The maximum absolute atomic E-state index is 6.09. The van der Waals surface area contributed by atoms with Crippen LogP contribution in [0.5, 0.6) is 0 Å². The van der Waals surface area contributed by atoms with E-state index < -0.39 is 0 Å². The zero-order valence-electron chi connectivity index (χ0n) is 8.74. The van der Waals surface area contributed by atoms with Gasteiger partial charge < -0.3 is 5.73 Å². The number of amidine groups is 1. The molecule has 1 aliphatic heterocycles. The van der Waals surface area contributed by atoms with Crippen molar-refractivity contribution in [2.75, 3.05) is 0 Å². The van der Waals surface area contributed by atoms with E-state index in [0.717, 1.165) is 17.7 Å². The molecule has 1 atom stereocenters. The van der Waals surface area contributed by atoms with Crippen LogP contribution in [0.2, 0.25) is 10.0 Å². The second kappa shape index (κ2) is 4.44. The van der Waals surface area contributed by atoms with Crippen molar-refractivity contribution in [1.82, 2.24) is 0 Å². The van der Waals surface area contributed by atoms with Crippen LogP contribution in [-0.4, -0.2) is 11.5 Å². The van der Waals surface area contributed by atoms with E-state index in [1.165, 1.54) is 0 Å². The van der Waals surface area contributed by atoms with Gasteiger partial charge in [-0.3, -0.25) is 0 Å². The fraction of sp³-hybridized carbons (Fsp3) is 0.273. The summed E-state index contributed by atoms with van der Waals surface area (Å²) < 4.78 is 0. The Labute approximate surface area is 104 Å². The first-order valence-corrected chi connectivity index (χ1v) is 5.69. The third kappa shape index (κ3) is 2.20. The summed E-state index contributed by atoms with van der Waals surface area (Å²) in [6, 6.07) is 5.30. The number of hydrogen-bond donors (Lipinski definition) is 1. The van der Waals surface area contributed by atoms with Gasteiger partial charge in [-0.05, 0) is 18.2 Å². The van der Waals surface area contributed by atoms with E-state index in [1.807, 2.05) is 6.92 Å². The molecule has 0 aliphatic carbocycles. The number of rotatable bonds is 1. The molecule has 0 bridgehead atoms. The summed E-state index contributed by atoms with van der Waals surface area (Å²) in [6.45, 7) is 2.01. The first-order valence-electron chi connectivity index (χ1n) is 4.93. The van der Waals surface area contributed by atoms with Gasteiger partial charge in [0, 0.05) is 27.9 Å². The summed E-state index contributed by atoms with van der Waals surface area (Å²) in [4.78, 5) is 0. The summed E-state index contributed by atoms with van der Waals surface area (Å²) in [5.74, 6) is 0.740. The lowest BCUT2D eigenvalue weighted by atomic mass is 9.97. The Morgan fingerprint density at radius 1 is 1.31 bits per heavy atom. The minimum absolute atomic E-state index is 0.183. The molecule has 0 saturated carbocycles. The third-order valence-electron chi connectivity index (χ3n) is 2.53. The largest absolute Gasteiger partial charge is 0.385 e. The summed E-state index contributed by atoms with van der Waals surface area (Å²) in [5.41, 5.74) is 7.33. The molecule has 0 saturated heterocycles. The Morgan fingerprint density at radius 2 is 2.06 bits per heavy atom. The molecule has 5 heteroatoms. The van der Waals surface area contributed by atoms with Gasteiger partial charge in [0.05, 0.1) is 5.71 Å². The minimum atomic E-state index is 0.183. The van der Waals surface area contributed by atoms with E-state index in [-0.39, 0.29) is 5.92 Å². The maximum Gasteiger partial charge on any atom is 0.125 e. The number of nitrogens with zero attached hydrogens (tertiary/aromatic N) is 2. The highest BCUT2D eigenvalue weighted by molar-refractivity contribution is 6.36. The van der Waals surface area contributed by atoms with Crippen LogP contribution in [0.1, 0.15) is 18.9 Å². The molecule has 2 rings (SSSR count). The second-order valence-corrected chi connectivity index (χ2v) is 4.64. The van der Waals surface area contributed by atoms with Gasteiger partial charge in [-0.25, -0.2) is 0 Å². The molecular formula is C11H11Cl2N3. The van der Waals surface area contributed by atoms with E-state index in [1.54, 1.807) is 18.2 Å². The SMILES string of the molecule is CC1CC(c2cc(Cl)ccc2Cl)=NN=C1N. The number of nitrogens with two attached hydrogens (primary N) is 1. The average Bonchev–Trinajstić information content (AvgIpc) is 2.26. The highest BCUT2D eigenvalue weighted by Crippen LogP contribution is 2.25. The fourth-order valence-corrected chi connectivity index (χ4v) is 1.93. The lowest BCUT2D eigenvalue weighted by molar-refractivity contribution is 0.779. The van der Waals surface area contributed by atoms with Gasteiger partial charge in [0.25, 0.3) is 0 Å². The van der Waals surface area contributed by atoms with Gasteiger partial charge in [0.1, 0.15) is 5.84 Å². The molecule has 2 N–H and O–H groups in total. The van der Waals surface area contributed by atoms with Gasteiger partial charge in [-0.2, -0.15) is 5.10 Å². The predicted molar refractivity (Wildman–Crippen MR) is 68.4 cm³/mol. The van der Waals surface area contributed by atoms with E-state index in [2.05, 4.69) is 10.2 Å². The Hall–Kier alpha value is -1.06. The number of benzene rings is 1. The van der Waals surface area contributed by atoms with Crippen molar-refractivity contribution in [1.29, 1.82) is 0 Å². The third-order valence-corrected chi connectivity index (χ3v) is 3.09. The lowest BCUT2D eigenvalue weighted by Gasteiger charge is -2.16. The van der Waals surface area contributed by atoms with E-state index in [9.17, 15) is 0 Å². The summed E-state index contributed by atoms with van der Waals surface area (Å²) in [5, 5.41) is 9.26. The summed E-state index contributed by atoms with van der Waals surface area (Å²) in [6.07, 6.45) is 0.732. The molecule has 0 fully saturated rings. The highest BCUT2D eigenvalue weighted by atomic mass is 35.5. The normalized spacial score (nSPS) is 20.3. The molecule has 1 aliphatic rings. The van der Waals surface area contributed by atoms with Crippen LogP contribution in [0.25, 0.3) is 0 Å². The molecule has 0 spiro atoms. The molecule has 0 amide bonds. The van der Waals surface area contributed by atoms with Crippen molar-refractivity contribution in [2.45, 2.75) is 13.3 Å². The van der Waals surface area contributed by atoms with Gasteiger partial charge in [-0.1, -0.05) is 30.1 Å². The van der Waals surface area contributed by atoms with Crippen LogP contribution >= 0.6 is 23.2 Å². The summed E-state index contributed by atoms with van der Waals surface area (Å²) >= 11 is 12.0. The molecule has 3 nitrogen and oxygen atoms in total. The number of halogens is 2. The summed E-state index contributed by atoms with van der Waals surface area (Å²) in [7, 11) is 0. The van der Waals surface area contributed by atoms with Crippen LogP contribution in [-0.2, 0) is 0 Å². The van der Waals surface area contributed by atoms with Crippen molar-refractivity contribution in [3.8, 4) is 0 Å². The Bertz CT molecular complexity index is 480. The standard InChI is InChI=1S/C11H11Cl2N3/c1-6-4-10(15-16-11(6)14)8-5-7(12)2-3-9(8)13/h2-3,5-6H,4H2,1H3,(H2,14,16). The topological polar surface area (TPSA) is 50.7 Å². The maximum atomic E-state index is 6.09. The molecule has 1 aromatic carbocycles. The fourth-order valence-electron chi connectivity index (χ4n) is 1.53. The van der Waals surface area contributed by atoms with Crippen LogP contribution in [0.4, 0.5) is 0 Å². The first kappa shape index (κ1) is 11.4. The van der Waals surface area contributed by atoms with E-state index >= 15 is 0 Å². The zero-order chi connectivity index (χ0) is 11.7. The molecule has 0 radical (unpaired) electrons. The van der Waals surface area contributed by atoms with Crippen LogP contribution in [0, 0.1) is 5.92 Å². The van der Waals surface area contributed by atoms with Crippen molar-refractivity contribution >= 4 is 34.7 Å². The lowest BCUT2D eigenvalue weighted by Crippen LogP contribution is -2.26. The average molecular weight is 256 g/mol. The van der Waals surface area contributed by atoms with Gasteiger partial charge in [0.15, 0.2) is 0 Å². The van der Waals surface area contributed by atoms with Crippen LogP contribution in [0.3, 0.4) is 0 Å². The Kier molecular flexibility index (Phi) is 3.17. The molecule has 1 unspecified atom stereocenters. The van der Waals surface area contributed by atoms with Crippen molar-refractivity contribution in [3.63, 3.8) is 0 Å². The predicted octanol–water partition coefficient (Wildman–Crippen LogP) is 3.09. The van der Waals surface area contributed by atoms with Crippen molar-refractivity contribution in [2.24, 2.45) is 21.9 Å². The van der Waals surface area contributed by atoms with Crippen LogP contribution in [0.15, 0.2) is 28.4 Å². The molecular weight excluding hydrogens is 245 g/mol. The van der Waals surface area contributed by atoms with Crippen LogP contribution < -0.4 is 5.73 Å². The smallest absolute Gasteiger partial charge is 0.125 e. The molecule has 1 aromatic rings. The Balaban J connectivity index is 2.42. The van der Waals surface area contributed by atoms with Gasteiger partial charge >= 0.3 is 0 Å².